The van der Waals surface area contributed by atoms with Gasteiger partial charge < -0.3 is 10.4 Å². The molecule has 0 amide bonds. The van der Waals surface area contributed by atoms with Crippen LogP contribution in [0.15, 0.2) is 18.2 Å². The van der Waals surface area contributed by atoms with Gasteiger partial charge in [0.05, 0.1) is 15.9 Å². The lowest BCUT2D eigenvalue weighted by Crippen LogP contribution is -2.31. The van der Waals surface area contributed by atoms with Crippen LogP contribution in [0.3, 0.4) is 0 Å². The number of carbonyl (C=O) groups is 1. The van der Waals surface area contributed by atoms with Crippen LogP contribution in [0.5, 0.6) is 0 Å². The zero-order valence-corrected chi connectivity index (χ0v) is 10.2. The number of carboxylic acids is 1. The topological polar surface area (TPSA) is 136 Å². The first-order chi connectivity index (χ1) is 9.40. The molecule has 1 atom stereocenters. The first kappa shape index (κ1) is 13.7. The normalized spacial score (nSPS) is 15.4. The van der Waals surface area contributed by atoms with E-state index in [-0.39, 0.29) is 11.6 Å². The number of non-ortho nitro benzene ring substituents is 1. The third-order valence-corrected chi connectivity index (χ3v) is 3.06. The standard InChI is InChI=1S/C11H11N3O6/c15-11(16)10(6-1-2-6)12-8-4-3-7(13(17)18)5-9(8)14(19)20/h3-6,10,12H,1-2H2,(H,15,16). The molecule has 1 aromatic carbocycles. The molecule has 2 N–H and O–H groups in total. The zero-order chi connectivity index (χ0) is 14.9. The zero-order valence-electron chi connectivity index (χ0n) is 10.2. The van der Waals surface area contributed by atoms with Crippen LogP contribution >= 0.6 is 0 Å². The number of carboxylic acid groups (broad SMARTS) is 1. The number of nitro groups is 2. The van der Waals surface area contributed by atoms with E-state index in [9.17, 15) is 25.0 Å². The minimum atomic E-state index is -1.10. The van der Waals surface area contributed by atoms with E-state index in [0.29, 0.717) is 0 Å². The second kappa shape index (κ2) is 5.11. The summed E-state index contributed by atoms with van der Waals surface area (Å²) in [5.41, 5.74) is -0.952. The Labute approximate surface area is 112 Å². The van der Waals surface area contributed by atoms with E-state index < -0.39 is 33.2 Å². The van der Waals surface area contributed by atoms with Crippen molar-refractivity contribution in [1.29, 1.82) is 0 Å². The fraction of sp³-hybridized carbons (Fsp3) is 0.364. The van der Waals surface area contributed by atoms with Gasteiger partial charge in [0, 0.05) is 6.07 Å². The monoisotopic (exact) mass is 281 g/mol. The quantitative estimate of drug-likeness (QED) is 0.599. The Morgan fingerprint density at radius 2 is 1.95 bits per heavy atom. The van der Waals surface area contributed by atoms with Crippen molar-refractivity contribution in [1.82, 2.24) is 0 Å². The van der Waals surface area contributed by atoms with Gasteiger partial charge in [0.25, 0.3) is 11.4 Å². The van der Waals surface area contributed by atoms with Crippen molar-refractivity contribution in [3.05, 3.63) is 38.4 Å². The van der Waals surface area contributed by atoms with Gasteiger partial charge in [0.2, 0.25) is 0 Å². The number of anilines is 1. The first-order valence-electron chi connectivity index (χ1n) is 5.82. The predicted octanol–water partition coefficient (Wildman–Crippen LogP) is 1.78. The summed E-state index contributed by atoms with van der Waals surface area (Å²) in [4.78, 5) is 31.1. The van der Waals surface area contributed by atoms with E-state index in [0.717, 1.165) is 31.0 Å². The fourth-order valence-electron chi connectivity index (χ4n) is 1.89. The highest BCUT2D eigenvalue weighted by molar-refractivity contribution is 5.80. The largest absolute Gasteiger partial charge is 0.480 e. The number of nitro benzene ring substituents is 2. The molecule has 1 aromatic rings. The maximum atomic E-state index is 11.1. The van der Waals surface area contributed by atoms with E-state index in [4.69, 9.17) is 5.11 Å². The highest BCUT2D eigenvalue weighted by Gasteiger charge is 2.37. The molecule has 0 heterocycles. The Morgan fingerprint density at radius 1 is 1.30 bits per heavy atom. The van der Waals surface area contributed by atoms with Gasteiger partial charge in [-0.2, -0.15) is 0 Å². The van der Waals surface area contributed by atoms with Gasteiger partial charge in [-0.25, -0.2) is 4.79 Å². The second-order valence-electron chi connectivity index (χ2n) is 4.51. The number of hydrogen-bond acceptors (Lipinski definition) is 6. The summed E-state index contributed by atoms with van der Waals surface area (Å²) in [6.07, 6.45) is 1.48. The Hall–Kier alpha value is -2.71. The Morgan fingerprint density at radius 3 is 2.40 bits per heavy atom. The van der Waals surface area contributed by atoms with Crippen molar-refractivity contribution in [3.8, 4) is 0 Å². The molecule has 0 aromatic heterocycles. The number of aliphatic carboxylic acids is 1. The van der Waals surface area contributed by atoms with Crippen LogP contribution in [0.4, 0.5) is 17.1 Å². The summed E-state index contributed by atoms with van der Waals surface area (Å²) >= 11 is 0. The minimum absolute atomic E-state index is 0.0279. The molecule has 1 fully saturated rings. The summed E-state index contributed by atoms with van der Waals surface area (Å²) in [6, 6.07) is 2.15. The molecule has 2 rings (SSSR count). The van der Waals surface area contributed by atoms with Gasteiger partial charge >= 0.3 is 5.97 Å². The minimum Gasteiger partial charge on any atom is -0.480 e. The van der Waals surface area contributed by atoms with Gasteiger partial charge in [0.15, 0.2) is 0 Å². The van der Waals surface area contributed by atoms with Crippen molar-refractivity contribution in [2.45, 2.75) is 18.9 Å². The molecule has 1 aliphatic rings. The van der Waals surface area contributed by atoms with Crippen molar-refractivity contribution in [2.24, 2.45) is 5.92 Å². The maximum absolute atomic E-state index is 11.1. The smallest absolute Gasteiger partial charge is 0.326 e. The van der Waals surface area contributed by atoms with Crippen molar-refractivity contribution in [2.75, 3.05) is 5.32 Å². The van der Waals surface area contributed by atoms with Gasteiger partial charge in [-0.1, -0.05) is 0 Å². The van der Waals surface area contributed by atoms with E-state index in [1.165, 1.54) is 0 Å². The third kappa shape index (κ3) is 2.82. The molecule has 0 saturated heterocycles. The Balaban J connectivity index is 2.32. The van der Waals surface area contributed by atoms with Gasteiger partial charge in [0.1, 0.15) is 11.7 Å². The lowest BCUT2D eigenvalue weighted by Gasteiger charge is -2.14. The van der Waals surface area contributed by atoms with Crippen molar-refractivity contribution in [3.63, 3.8) is 0 Å². The molecule has 106 valence electrons. The highest BCUT2D eigenvalue weighted by Crippen LogP contribution is 2.36. The molecular formula is C11H11N3O6. The Kier molecular flexibility index (Phi) is 3.51. The van der Waals surface area contributed by atoms with Gasteiger partial charge in [-0.15, -0.1) is 0 Å². The van der Waals surface area contributed by atoms with Crippen LogP contribution < -0.4 is 5.32 Å². The first-order valence-corrected chi connectivity index (χ1v) is 5.82. The molecular weight excluding hydrogens is 270 g/mol. The molecule has 20 heavy (non-hydrogen) atoms. The lowest BCUT2D eigenvalue weighted by atomic mass is 10.1. The number of rotatable bonds is 6. The molecule has 1 aliphatic carbocycles. The van der Waals surface area contributed by atoms with E-state index in [2.05, 4.69) is 5.32 Å². The lowest BCUT2D eigenvalue weighted by molar-refractivity contribution is -0.393. The van der Waals surface area contributed by atoms with Crippen molar-refractivity contribution >= 4 is 23.0 Å². The average molecular weight is 281 g/mol. The average Bonchev–Trinajstić information content (AvgIpc) is 3.19. The Bertz CT molecular complexity index is 584. The number of nitrogens with one attached hydrogen (secondary N) is 1. The number of benzene rings is 1. The fourth-order valence-corrected chi connectivity index (χ4v) is 1.89. The molecule has 9 heteroatoms. The molecule has 0 radical (unpaired) electrons. The molecule has 1 unspecified atom stereocenters. The van der Waals surface area contributed by atoms with Crippen LogP contribution in [0.2, 0.25) is 0 Å². The third-order valence-electron chi connectivity index (χ3n) is 3.06. The van der Waals surface area contributed by atoms with Crippen LogP contribution in [0.25, 0.3) is 0 Å². The predicted molar refractivity (Wildman–Crippen MR) is 67.5 cm³/mol. The highest BCUT2D eigenvalue weighted by atomic mass is 16.6. The summed E-state index contributed by atoms with van der Waals surface area (Å²) in [6.45, 7) is 0. The maximum Gasteiger partial charge on any atom is 0.326 e. The summed E-state index contributed by atoms with van der Waals surface area (Å²) in [7, 11) is 0. The second-order valence-corrected chi connectivity index (χ2v) is 4.51. The number of hydrogen-bond donors (Lipinski definition) is 2. The SMILES string of the molecule is O=C(O)C(Nc1ccc([N+](=O)[O-])cc1[N+](=O)[O-])C1CC1. The van der Waals surface area contributed by atoms with Crippen LogP contribution in [-0.2, 0) is 4.79 Å². The number of nitrogens with zero attached hydrogens (tertiary/aromatic N) is 2. The van der Waals surface area contributed by atoms with E-state index in [1.807, 2.05) is 0 Å². The van der Waals surface area contributed by atoms with Gasteiger partial charge in [-0.05, 0) is 24.8 Å². The van der Waals surface area contributed by atoms with Crippen LogP contribution in [0.1, 0.15) is 12.8 Å². The van der Waals surface area contributed by atoms with Crippen molar-refractivity contribution < 1.29 is 19.7 Å². The van der Waals surface area contributed by atoms with Crippen LogP contribution in [0, 0.1) is 26.1 Å². The summed E-state index contributed by atoms with van der Waals surface area (Å²) < 4.78 is 0. The molecule has 1 saturated carbocycles. The molecule has 0 aliphatic heterocycles. The molecule has 0 bridgehead atoms. The van der Waals surface area contributed by atoms with E-state index >= 15 is 0 Å². The summed E-state index contributed by atoms with van der Waals surface area (Å²) in [5.74, 6) is -1.16. The van der Waals surface area contributed by atoms with Gasteiger partial charge in [-0.3, -0.25) is 20.2 Å². The molecule has 0 spiro atoms. The van der Waals surface area contributed by atoms with Crippen LogP contribution in [-0.4, -0.2) is 27.0 Å². The summed E-state index contributed by atoms with van der Waals surface area (Å²) in [5, 5.41) is 33.2. The van der Waals surface area contributed by atoms with E-state index in [1.54, 1.807) is 0 Å². The molecule has 9 nitrogen and oxygen atoms in total.